The fourth-order valence-electron chi connectivity index (χ4n) is 4.59. The average molecular weight is 481 g/mol. The average Bonchev–Trinajstić information content (AvgIpc) is 3.49. The van der Waals surface area contributed by atoms with Crippen LogP contribution in [0.2, 0.25) is 0 Å². The number of nitrogens with zero attached hydrogens (tertiary/aromatic N) is 2. The van der Waals surface area contributed by atoms with E-state index in [0.717, 1.165) is 17.7 Å². The zero-order valence-electron chi connectivity index (χ0n) is 19.7. The highest BCUT2D eigenvalue weighted by atomic mass is 16.5. The van der Waals surface area contributed by atoms with Crippen molar-refractivity contribution in [2.24, 2.45) is 0 Å². The quantitative estimate of drug-likeness (QED) is 0.306. The molecule has 0 radical (unpaired) electrons. The molecule has 3 aromatic carbocycles. The molecule has 7 nitrogen and oxygen atoms in total. The largest absolute Gasteiger partial charge is 0.507 e. The van der Waals surface area contributed by atoms with E-state index in [1.165, 1.54) is 4.90 Å². The SMILES string of the molecule is CCCOc1cccc(C2/C(=C(/O)c3ccc4c(c3)CCO4)C(=O)C(=O)N2c2ccc(C#N)cc2)c1. The second kappa shape index (κ2) is 9.59. The van der Waals surface area contributed by atoms with Gasteiger partial charge in [-0.05, 0) is 72.1 Å². The first-order valence-corrected chi connectivity index (χ1v) is 11.8. The lowest BCUT2D eigenvalue weighted by molar-refractivity contribution is -0.132. The predicted octanol–water partition coefficient (Wildman–Crippen LogP) is 4.91. The van der Waals surface area contributed by atoms with Crippen molar-refractivity contribution in [1.29, 1.82) is 5.26 Å². The molecule has 2 heterocycles. The fourth-order valence-corrected chi connectivity index (χ4v) is 4.59. The molecule has 36 heavy (non-hydrogen) atoms. The molecule has 0 spiro atoms. The molecule has 0 bridgehead atoms. The summed E-state index contributed by atoms with van der Waals surface area (Å²) < 4.78 is 11.4. The minimum Gasteiger partial charge on any atom is -0.507 e. The zero-order chi connectivity index (χ0) is 25.2. The van der Waals surface area contributed by atoms with E-state index in [2.05, 4.69) is 6.07 Å². The van der Waals surface area contributed by atoms with Gasteiger partial charge < -0.3 is 14.6 Å². The molecule has 1 N–H and O–H groups in total. The van der Waals surface area contributed by atoms with Crippen molar-refractivity contribution in [3.63, 3.8) is 0 Å². The van der Waals surface area contributed by atoms with Crippen LogP contribution in [0.15, 0.2) is 72.3 Å². The third-order valence-electron chi connectivity index (χ3n) is 6.33. The van der Waals surface area contributed by atoms with E-state index in [0.29, 0.717) is 47.8 Å². The Balaban J connectivity index is 1.67. The zero-order valence-corrected chi connectivity index (χ0v) is 19.7. The number of carbonyl (C=O) groups is 2. The third kappa shape index (κ3) is 4.07. The molecule has 5 rings (SSSR count). The second-order valence-electron chi connectivity index (χ2n) is 8.67. The van der Waals surface area contributed by atoms with Crippen molar-refractivity contribution in [2.45, 2.75) is 25.8 Å². The van der Waals surface area contributed by atoms with E-state index < -0.39 is 17.7 Å². The van der Waals surface area contributed by atoms with Crippen LogP contribution in [0.4, 0.5) is 5.69 Å². The van der Waals surface area contributed by atoms with Crippen LogP contribution in [0.3, 0.4) is 0 Å². The van der Waals surface area contributed by atoms with Gasteiger partial charge in [-0.15, -0.1) is 0 Å². The number of nitriles is 1. The molecule has 2 aliphatic rings. The maximum Gasteiger partial charge on any atom is 0.300 e. The van der Waals surface area contributed by atoms with Gasteiger partial charge in [0, 0.05) is 17.7 Å². The van der Waals surface area contributed by atoms with Crippen molar-refractivity contribution in [2.75, 3.05) is 18.1 Å². The standard InChI is InChI=1S/C29H24N2O5/c1-2-13-35-23-5-3-4-20(16-23)26-25(27(32)21-8-11-24-19(15-21)12-14-36-24)28(33)29(34)31(26)22-9-6-18(17-30)7-10-22/h3-11,15-16,26,32H,2,12-14H2,1H3/b27-25-. The molecule has 1 unspecified atom stereocenters. The number of hydrogen-bond acceptors (Lipinski definition) is 6. The summed E-state index contributed by atoms with van der Waals surface area (Å²) in [6.45, 7) is 3.09. The summed E-state index contributed by atoms with van der Waals surface area (Å²) >= 11 is 0. The first-order valence-electron chi connectivity index (χ1n) is 11.8. The number of hydrogen-bond donors (Lipinski definition) is 1. The van der Waals surface area contributed by atoms with Gasteiger partial charge in [0.2, 0.25) is 0 Å². The Morgan fingerprint density at radius 2 is 1.94 bits per heavy atom. The molecule has 0 aromatic heterocycles. The minimum atomic E-state index is -0.882. The Morgan fingerprint density at radius 3 is 2.69 bits per heavy atom. The number of amides is 1. The van der Waals surface area contributed by atoms with Gasteiger partial charge in [0.1, 0.15) is 17.3 Å². The third-order valence-corrected chi connectivity index (χ3v) is 6.33. The van der Waals surface area contributed by atoms with E-state index in [4.69, 9.17) is 9.47 Å². The predicted molar refractivity (Wildman–Crippen MR) is 134 cm³/mol. The van der Waals surface area contributed by atoms with Crippen LogP contribution in [0.25, 0.3) is 5.76 Å². The lowest BCUT2D eigenvalue weighted by atomic mass is 9.94. The smallest absolute Gasteiger partial charge is 0.300 e. The summed E-state index contributed by atoms with van der Waals surface area (Å²) in [4.78, 5) is 28.1. The Labute approximate surface area is 208 Å². The number of carbonyl (C=O) groups excluding carboxylic acids is 2. The number of aliphatic hydroxyl groups is 1. The minimum absolute atomic E-state index is 0.00383. The number of anilines is 1. The summed E-state index contributed by atoms with van der Waals surface area (Å²) in [6.07, 6.45) is 1.53. The maximum atomic E-state index is 13.4. The molecular weight excluding hydrogens is 456 g/mol. The molecule has 1 atom stereocenters. The van der Waals surface area contributed by atoms with Gasteiger partial charge >= 0.3 is 0 Å². The van der Waals surface area contributed by atoms with Crippen LogP contribution >= 0.6 is 0 Å². The Morgan fingerprint density at radius 1 is 1.14 bits per heavy atom. The van der Waals surface area contributed by atoms with E-state index in [9.17, 15) is 20.0 Å². The number of ether oxygens (including phenoxy) is 2. The molecule has 0 saturated carbocycles. The summed E-state index contributed by atoms with van der Waals surface area (Å²) in [5.74, 6) is -0.422. The normalized spacial score (nSPS) is 18.0. The Bertz CT molecular complexity index is 1420. The van der Waals surface area contributed by atoms with Gasteiger partial charge in [0.05, 0.1) is 36.5 Å². The van der Waals surface area contributed by atoms with Crippen LogP contribution in [0.1, 0.15) is 41.6 Å². The number of fused-ring (bicyclic) bond motifs is 1. The monoisotopic (exact) mass is 480 g/mol. The highest BCUT2D eigenvalue weighted by molar-refractivity contribution is 6.51. The molecule has 3 aromatic rings. The van der Waals surface area contributed by atoms with Gasteiger partial charge in [-0.2, -0.15) is 5.26 Å². The number of Topliss-reactive ketones (excluding diaryl/α,β-unsaturated/α-hetero) is 1. The summed E-state index contributed by atoms with van der Waals surface area (Å²) in [6, 6.07) is 20.1. The van der Waals surface area contributed by atoms with Crippen LogP contribution < -0.4 is 14.4 Å². The van der Waals surface area contributed by atoms with Gasteiger partial charge in [-0.25, -0.2) is 0 Å². The van der Waals surface area contributed by atoms with Crippen LogP contribution in [-0.4, -0.2) is 30.0 Å². The van der Waals surface area contributed by atoms with Crippen LogP contribution in [0.5, 0.6) is 11.5 Å². The number of ketones is 1. The molecule has 1 saturated heterocycles. The number of benzene rings is 3. The molecule has 2 aliphatic heterocycles. The second-order valence-corrected chi connectivity index (χ2v) is 8.67. The van der Waals surface area contributed by atoms with Gasteiger partial charge in [0.15, 0.2) is 0 Å². The summed E-state index contributed by atoms with van der Waals surface area (Å²) in [5.41, 5.74) is 2.88. The topological polar surface area (TPSA) is 99.9 Å². The van der Waals surface area contributed by atoms with Gasteiger partial charge in [0.25, 0.3) is 11.7 Å². The maximum absolute atomic E-state index is 13.4. The molecular formula is C29H24N2O5. The van der Waals surface area contributed by atoms with Crippen molar-refractivity contribution in [3.8, 4) is 17.6 Å². The number of rotatable bonds is 6. The fraction of sp³-hybridized carbons (Fsp3) is 0.207. The molecule has 7 heteroatoms. The molecule has 1 fully saturated rings. The van der Waals surface area contributed by atoms with Gasteiger partial charge in [-0.3, -0.25) is 14.5 Å². The Kier molecular flexibility index (Phi) is 6.17. The highest BCUT2D eigenvalue weighted by Crippen LogP contribution is 2.43. The Hall–Kier alpha value is -4.57. The summed E-state index contributed by atoms with van der Waals surface area (Å²) in [7, 11) is 0. The number of aliphatic hydroxyl groups excluding tert-OH is 1. The van der Waals surface area contributed by atoms with Crippen molar-refractivity contribution >= 4 is 23.1 Å². The van der Waals surface area contributed by atoms with Crippen molar-refractivity contribution in [1.82, 2.24) is 0 Å². The van der Waals surface area contributed by atoms with Gasteiger partial charge in [-0.1, -0.05) is 19.1 Å². The van der Waals surface area contributed by atoms with E-state index in [1.807, 2.05) is 13.0 Å². The van der Waals surface area contributed by atoms with E-state index in [1.54, 1.807) is 60.7 Å². The van der Waals surface area contributed by atoms with Crippen molar-refractivity contribution < 1.29 is 24.2 Å². The molecule has 180 valence electrons. The van der Waals surface area contributed by atoms with E-state index in [-0.39, 0.29) is 11.3 Å². The first-order chi connectivity index (χ1) is 17.5. The lowest BCUT2D eigenvalue weighted by Gasteiger charge is -2.26. The molecule has 0 aliphatic carbocycles. The first kappa shape index (κ1) is 23.2. The highest BCUT2D eigenvalue weighted by Gasteiger charge is 2.47. The van der Waals surface area contributed by atoms with Crippen LogP contribution in [-0.2, 0) is 16.0 Å². The van der Waals surface area contributed by atoms with Crippen molar-refractivity contribution in [3.05, 3.63) is 94.6 Å². The van der Waals surface area contributed by atoms with Crippen LogP contribution in [0, 0.1) is 11.3 Å². The summed E-state index contributed by atoms with van der Waals surface area (Å²) in [5, 5.41) is 20.6. The van der Waals surface area contributed by atoms with E-state index >= 15 is 0 Å². The lowest BCUT2D eigenvalue weighted by Crippen LogP contribution is -2.29. The molecule has 1 amide bonds.